The van der Waals surface area contributed by atoms with Crippen LogP contribution in [0.4, 0.5) is 0 Å². The van der Waals surface area contributed by atoms with Crippen LogP contribution < -0.4 is 0 Å². The highest BCUT2D eigenvalue weighted by Gasteiger charge is 2.35. The van der Waals surface area contributed by atoms with Gasteiger partial charge in [0.15, 0.2) is 10.6 Å². The number of aromatic nitrogens is 3. The second-order valence-corrected chi connectivity index (χ2v) is 4.63. The number of carbonyl (C=O) groups is 2. The molecule has 1 aliphatic heterocycles. The Kier molecular flexibility index (Phi) is 2.56. The summed E-state index contributed by atoms with van der Waals surface area (Å²) in [5.41, 5.74) is 0.869. The van der Waals surface area contributed by atoms with Gasteiger partial charge in [0, 0.05) is 7.05 Å². The summed E-state index contributed by atoms with van der Waals surface area (Å²) < 4.78 is 2.09. The maximum absolute atomic E-state index is 12.2. The highest BCUT2D eigenvalue weighted by molar-refractivity contribution is 7.71. The van der Waals surface area contributed by atoms with Gasteiger partial charge in [0.25, 0.3) is 11.8 Å². The molecule has 0 aliphatic carbocycles. The molecule has 0 unspecified atom stereocenters. The maximum Gasteiger partial charge on any atom is 0.261 e. The van der Waals surface area contributed by atoms with Crippen molar-refractivity contribution in [2.45, 2.75) is 6.54 Å². The minimum absolute atomic E-state index is 0.107. The maximum atomic E-state index is 12.2. The van der Waals surface area contributed by atoms with Crippen LogP contribution in [-0.2, 0) is 13.6 Å². The zero-order chi connectivity index (χ0) is 13.6. The number of H-pyrrole nitrogens is 1. The first-order valence-electron chi connectivity index (χ1n) is 5.65. The van der Waals surface area contributed by atoms with E-state index in [4.69, 9.17) is 12.2 Å². The van der Waals surface area contributed by atoms with E-state index < -0.39 is 0 Å². The number of hydrogen-bond acceptors (Lipinski definition) is 4. The van der Waals surface area contributed by atoms with E-state index in [2.05, 4.69) is 10.2 Å². The van der Waals surface area contributed by atoms with Crippen molar-refractivity contribution in [2.75, 3.05) is 0 Å². The van der Waals surface area contributed by atoms with E-state index >= 15 is 0 Å². The van der Waals surface area contributed by atoms with Crippen molar-refractivity contribution in [1.82, 2.24) is 19.7 Å². The minimum Gasteiger partial charge on any atom is -0.306 e. The Morgan fingerprint density at radius 2 is 1.79 bits per heavy atom. The van der Waals surface area contributed by atoms with Crippen LogP contribution in [0.3, 0.4) is 0 Å². The molecule has 19 heavy (non-hydrogen) atoms. The van der Waals surface area contributed by atoms with Crippen molar-refractivity contribution in [3.05, 3.63) is 46.0 Å². The van der Waals surface area contributed by atoms with Gasteiger partial charge in [-0.15, -0.1) is 0 Å². The molecule has 0 fully saturated rings. The number of rotatable bonds is 2. The van der Waals surface area contributed by atoms with Crippen molar-refractivity contribution in [3.8, 4) is 0 Å². The lowest BCUT2D eigenvalue weighted by Gasteiger charge is -2.12. The molecule has 6 nitrogen and oxygen atoms in total. The lowest BCUT2D eigenvalue weighted by atomic mass is 10.1. The molecule has 96 valence electrons. The molecule has 0 saturated carbocycles. The normalized spacial score (nSPS) is 14.1. The number of benzene rings is 1. The molecule has 0 radical (unpaired) electrons. The van der Waals surface area contributed by atoms with Crippen LogP contribution in [0.5, 0.6) is 0 Å². The van der Waals surface area contributed by atoms with Crippen LogP contribution >= 0.6 is 12.2 Å². The lowest BCUT2D eigenvalue weighted by molar-refractivity contribution is 0.0637. The smallest absolute Gasteiger partial charge is 0.261 e. The van der Waals surface area contributed by atoms with Gasteiger partial charge in [0.2, 0.25) is 0 Å². The van der Waals surface area contributed by atoms with Gasteiger partial charge >= 0.3 is 0 Å². The first kappa shape index (κ1) is 11.8. The summed E-state index contributed by atoms with van der Waals surface area (Å²) in [7, 11) is 1.74. The monoisotopic (exact) mass is 274 g/mol. The van der Waals surface area contributed by atoms with E-state index in [9.17, 15) is 9.59 Å². The van der Waals surface area contributed by atoms with Gasteiger partial charge in [-0.3, -0.25) is 19.6 Å². The molecule has 3 rings (SSSR count). The predicted octanol–water partition coefficient (Wildman–Crippen LogP) is 1.27. The summed E-state index contributed by atoms with van der Waals surface area (Å²) in [5.74, 6) is -0.0523. The fourth-order valence-corrected chi connectivity index (χ4v) is 2.20. The number of carbonyl (C=O) groups excluding carboxylic acids is 2. The summed E-state index contributed by atoms with van der Waals surface area (Å²) in [5, 5.41) is 6.64. The van der Waals surface area contributed by atoms with Crippen molar-refractivity contribution in [3.63, 3.8) is 0 Å². The first-order valence-corrected chi connectivity index (χ1v) is 6.06. The molecular weight excluding hydrogens is 264 g/mol. The van der Waals surface area contributed by atoms with Crippen LogP contribution in [0, 0.1) is 4.77 Å². The van der Waals surface area contributed by atoms with Crippen LogP contribution in [0.15, 0.2) is 24.3 Å². The van der Waals surface area contributed by atoms with Crippen molar-refractivity contribution in [1.29, 1.82) is 0 Å². The molecule has 0 bridgehead atoms. The van der Waals surface area contributed by atoms with Crippen molar-refractivity contribution in [2.24, 2.45) is 7.05 Å². The Morgan fingerprint density at radius 3 is 2.26 bits per heavy atom. The third-order valence-electron chi connectivity index (χ3n) is 3.15. The van der Waals surface area contributed by atoms with Crippen molar-refractivity contribution >= 4 is 24.0 Å². The molecule has 1 aliphatic rings. The number of amides is 2. The number of imide groups is 1. The van der Waals surface area contributed by atoms with Gasteiger partial charge in [0.1, 0.15) is 0 Å². The number of nitrogens with zero attached hydrogens (tertiary/aromatic N) is 3. The molecule has 0 atom stereocenters. The molecule has 0 saturated heterocycles. The quantitative estimate of drug-likeness (QED) is 0.661. The number of nitrogens with one attached hydrogen (secondary N) is 1. The fourth-order valence-electron chi connectivity index (χ4n) is 2.05. The van der Waals surface area contributed by atoms with Crippen LogP contribution in [0.2, 0.25) is 0 Å². The Balaban J connectivity index is 1.97. The average Bonchev–Trinajstić information content (AvgIpc) is 2.86. The highest BCUT2D eigenvalue weighted by atomic mass is 32.1. The lowest BCUT2D eigenvalue weighted by Crippen LogP contribution is -2.30. The average molecular weight is 274 g/mol. The van der Waals surface area contributed by atoms with E-state index in [0.29, 0.717) is 21.7 Å². The number of fused-ring (bicyclic) bond motifs is 1. The topological polar surface area (TPSA) is 71.0 Å². The Hall–Kier alpha value is -2.28. The Morgan fingerprint density at radius 1 is 1.21 bits per heavy atom. The fraction of sp³-hybridized carbons (Fsp3) is 0.167. The van der Waals surface area contributed by atoms with Gasteiger partial charge in [-0.1, -0.05) is 12.1 Å². The van der Waals surface area contributed by atoms with E-state index in [-0.39, 0.29) is 18.4 Å². The molecule has 1 aromatic heterocycles. The zero-order valence-electron chi connectivity index (χ0n) is 10.1. The predicted molar refractivity (Wildman–Crippen MR) is 69.0 cm³/mol. The Labute approximate surface area is 113 Å². The molecule has 2 amide bonds. The van der Waals surface area contributed by atoms with E-state index in [1.807, 2.05) is 0 Å². The van der Waals surface area contributed by atoms with E-state index in [1.165, 1.54) is 4.90 Å². The minimum atomic E-state index is -0.297. The summed E-state index contributed by atoms with van der Waals surface area (Å²) in [6.45, 7) is 0.107. The third-order valence-corrected chi connectivity index (χ3v) is 3.52. The van der Waals surface area contributed by atoms with Crippen LogP contribution in [-0.4, -0.2) is 31.5 Å². The third kappa shape index (κ3) is 1.70. The standard InChI is InChI=1S/C12H10N4O2S/c1-15-9(13-14-12(15)19)6-16-10(17)7-4-2-3-5-8(7)11(16)18/h2-5H,6H2,1H3,(H,14,19). The highest BCUT2D eigenvalue weighted by Crippen LogP contribution is 2.23. The summed E-state index contributed by atoms with van der Waals surface area (Å²) in [6.07, 6.45) is 0. The SMILES string of the molecule is Cn1c(CN2C(=O)c3ccccc3C2=O)n[nH]c1=S. The van der Waals surface area contributed by atoms with Crippen LogP contribution in [0.25, 0.3) is 0 Å². The molecular formula is C12H10N4O2S. The van der Waals surface area contributed by atoms with Gasteiger partial charge in [-0.2, -0.15) is 5.10 Å². The largest absolute Gasteiger partial charge is 0.306 e. The molecule has 1 aromatic carbocycles. The van der Waals surface area contributed by atoms with Gasteiger partial charge in [0.05, 0.1) is 17.7 Å². The molecule has 7 heteroatoms. The second-order valence-electron chi connectivity index (χ2n) is 4.25. The van der Waals surface area contributed by atoms with Gasteiger partial charge in [-0.25, -0.2) is 0 Å². The van der Waals surface area contributed by atoms with E-state index in [1.54, 1.807) is 35.9 Å². The molecule has 2 aromatic rings. The molecule has 0 spiro atoms. The van der Waals surface area contributed by atoms with E-state index in [0.717, 1.165) is 0 Å². The summed E-state index contributed by atoms with van der Waals surface area (Å²) in [4.78, 5) is 25.5. The second kappa shape index (κ2) is 4.13. The summed E-state index contributed by atoms with van der Waals surface area (Å²) in [6, 6.07) is 6.78. The van der Waals surface area contributed by atoms with Gasteiger partial charge in [-0.05, 0) is 24.4 Å². The van der Waals surface area contributed by atoms with Crippen molar-refractivity contribution < 1.29 is 9.59 Å². The van der Waals surface area contributed by atoms with Gasteiger partial charge < -0.3 is 4.57 Å². The first-order chi connectivity index (χ1) is 9.09. The van der Waals surface area contributed by atoms with Crippen LogP contribution in [0.1, 0.15) is 26.5 Å². The number of hydrogen-bond donors (Lipinski definition) is 1. The zero-order valence-corrected chi connectivity index (χ0v) is 10.9. The molecule has 1 N–H and O–H groups in total. The summed E-state index contributed by atoms with van der Waals surface area (Å²) >= 11 is 5.00. The number of aromatic amines is 1. The Bertz CT molecular complexity index is 711. The molecule has 2 heterocycles.